The highest BCUT2D eigenvalue weighted by Crippen LogP contribution is 2.38. The average Bonchev–Trinajstić information content (AvgIpc) is 2.78. The maximum absolute atomic E-state index is 11.8. The Morgan fingerprint density at radius 2 is 1.95 bits per heavy atom. The summed E-state index contributed by atoms with van der Waals surface area (Å²) in [4.78, 5) is 16.6. The summed E-state index contributed by atoms with van der Waals surface area (Å²) in [5, 5.41) is 3.85. The van der Waals surface area contributed by atoms with Gasteiger partial charge in [0.15, 0.2) is 0 Å². The first-order valence-corrected chi connectivity index (χ1v) is 6.36. The number of benzene rings is 1. The predicted octanol–water partition coefficient (Wildman–Crippen LogP) is 2.52. The molecule has 0 spiro atoms. The fourth-order valence-corrected chi connectivity index (χ4v) is 2.36. The van der Waals surface area contributed by atoms with E-state index in [1.54, 1.807) is 7.11 Å². The molecule has 0 bridgehead atoms. The summed E-state index contributed by atoms with van der Waals surface area (Å²) in [6.07, 6.45) is 0.549. The molecule has 0 saturated carbocycles. The zero-order chi connectivity index (χ0) is 14.3. The van der Waals surface area contributed by atoms with E-state index < -0.39 is 11.6 Å². The summed E-state index contributed by atoms with van der Waals surface area (Å²) < 4.78 is 11.1. The first-order chi connectivity index (χ1) is 9.50. The number of fused-ring (bicyclic) bond motifs is 1. The number of methoxy groups -OCH3 is 1. The number of ether oxygens (including phenoxy) is 2. The summed E-state index contributed by atoms with van der Waals surface area (Å²) in [5.41, 5.74) is 1.46. The Hall–Kier alpha value is -2.30. The van der Waals surface area contributed by atoms with E-state index in [1.165, 1.54) is 0 Å². The quantitative estimate of drug-likeness (QED) is 0.777. The molecule has 2 aliphatic heterocycles. The highest BCUT2D eigenvalue weighted by Gasteiger charge is 2.41. The van der Waals surface area contributed by atoms with Crippen LogP contribution in [0, 0.1) is 0 Å². The zero-order valence-corrected chi connectivity index (χ0v) is 11.6. The second-order valence-electron chi connectivity index (χ2n) is 5.39. The molecule has 3 rings (SSSR count). The van der Waals surface area contributed by atoms with Crippen molar-refractivity contribution >= 4 is 17.4 Å². The van der Waals surface area contributed by atoms with E-state index >= 15 is 0 Å². The number of hydrogen-bond donors (Lipinski definition) is 0. The molecule has 0 amide bonds. The van der Waals surface area contributed by atoms with Crippen LogP contribution in [0.1, 0.15) is 25.8 Å². The molecular weight excluding hydrogens is 258 g/mol. The van der Waals surface area contributed by atoms with Crippen molar-refractivity contribution in [2.45, 2.75) is 25.9 Å². The van der Waals surface area contributed by atoms with Crippen LogP contribution < -0.4 is 4.74 Å². The van der Waals surface area contributed by atoms with Crippen molar-refractivity contribution in [3.05, 3.63) is 35.4 Å². The van der Waals surface area contributed by atoms with Crippen LogP contribution in [0.4, 0.5) is 0 Å². The molecule has 5 heteroatoms. The lowest BCUT2D eigenvalue weighted by Crippen LogP contribution is -2.33. The number of nitrogens with zero attached hydrogens (tertiary/aromatic N) is 1. The maximum Gasteiger partial charge on any atom is 0.371 e. The first-order valence-electron chi connectivity index (χ1n) is 6.36. The molecule has 0 saturated heterocycles. The van der Waals surface area contributed by atoms with Crippen molar-refractivity contribution in [3.8, 4) is 5.75 Å². The molecular formula is C15H15NO4. The van der Waals surface area contributed by atoms with Gasteiger partial charge in [-0.1, -0.05) is 5.16 Å². The lowest BCUT2D eigenvalue weighted by molar-refractivity contribution is -0.136. The van der Waals surface area contributed by atoms with Crippen LogP contribution in [0.5, 0.6) is 5.75 Å². The SMILES string of the molecule is COc1ccc(C2=C3C(=O)ON=C3CC(C)(C)O2)cc1. The second-order valence-corrected chi connectivity index (χ2v) is 5.39. The van der Waals surface area contributed by atoms with Crippen molar-refractivity contribution in [2.75, 3.05) is 7.11 Å². The van der Waals surface area contributed by atoms with Crippen molar-refractivity contribution in [2.24, 2.45) is 5.16 Å². The van der Waals surface area contributed by atoms with Crippen molar-refractivity contribution < 1.29 is 19.1 Å². The van der Waals surface area contributed by atoms with Gasteiger partial charge >= 0.3 is 5.97 Å². The van der Waals surface area contributed by atoms with Crippen LogP contribution in [0.3, 0.4) is 0 Å². The second kappa shape index (κ2) is 4.37. The van der Waals surface area contributed by atoms with Gasteiger partial charge in [0.25, 0.3) is 0 Å². The highest BCUT2D eigenvalue weighted by molar-refractivity contribution is 6.27. The van der Waals surface area contributed by atoms with Crippen LogP contribution in [0.15, 0.2) is 35.0 Å². The Bertz CT molecular complexity index is 626. The van der Waals surface area contributed by atoms with E-state index in [4.69, 9.17) is 14.3 Å². The van der Waals surface area contributed by atoms with Gasteiger partial charge in [-0.15, -0.1) is 0 Å². The topological polar surface area (TPSA) is 57.1 Å². The molecule has 2 aliphatic rings. The van der Waals surface area contributed by atoms with E-state index in [1.807, 2.05) is 38.1 Å². The lowest BCUT2D eigenvalue weighted by atomic mass is 9.91. The Morgan fingerprint density at radius 3 is 2.60 bits per heavy atom. The third kappa shape index (κ3) is 2.05. The maximum atomic E-state index is 11.8. The van der Waals surface area contributed by atoms with Gasteiger partial charge in [0.1, 0.15) is 28.4 Å². The fraction of sp³-hybridized carbons (Fsp3) is 0.333. The normalized spacial score (nSPS) is 19.9. The van der Waals surface area contributed by atoms with Crippen LogP contribution in [-0.2, 0) is 14.4 Å². The zero-order valence-electron chi connectivity index (χ0n) is 11.6. The minimum absolute atomic E-state index is 0.425. The van der Waals surface area contributed by atoms with Gasteiger partial charge in [0.05, 0.1) is 7.11 Å². The highest BCUT2D eigenvalue weighted by atomic mass is 16.7. The van der Waals surface area contributed by atoms with Gasteiger partial charge in [-0.2, -0.15) is 0 Å². The molecule has 0 atom stereocenters. The van der Waals surface area contributed by atoms with Crippen LogP contribution >= 0.6 is 0 Å². The monoisotopic (exact) mass is 273 g/mol. The molecule has 2 heterocycles. The van der Waals surface area contributed by atoms with Crippen molar-refractivity contribution in [1.82, 2.24) is 0 Å². The Labute approximate surface area is 116 Å². The summed E-state index contributed by atoms with van der Waals surface area (Å²) in [5.74, 6) is 0.809. The average molecular weight is 273 g/mol. The molecule has 0 fully saturated rings. The Morgan fingerprint density at radius 1 is 1.25 bits per heavy atom. The summed E-state index contributed by atoms with van der Waals surface area (Å²) >= 11 is 0. The van der Waals surface area contributed by atoms with Gasteiger partial charge in [-0.25, -0.2) is 4.79 Å². The number of oxime groups is 1. The minimum atomic E-state index is -0.457. The predicted molar refractivity (Wildman–Crippen MR) is 73.2 cm³/mol. The molecule has 0 aromatic heterocycles. The van der Waals surface area contributed by atoms with E-state index in [2.05, 4.69) is 5.16 Å². The molecule has 0 radical (unpaired) electrons. The smallest absolute Gasteiger partial charge is 0.371 e. The third-order valence-corrected chi connectivity index (χ3v) is 3.28. The molecule has 104 valence electrons. The third-order valence-electron chi connectivity index (χ3n) is 3.28. The largest absolute Gasteiger partial charge is 0.497 e. The van der Waals surface area contributed by atoms with Gasteiger partial charge < -0.3 is 14.3 Å². The first kappa shape index (κ1) is 12.7. The molecule has 0 unspecified atom stereocenters. The van der Waals surface area contributed by atoms with E-state index in [0.29, 0.717) is 23.5 Å². The molecule has 0 N–H and O–H groups in total. The number of rotatable bonds is 2. The summed E-state index contributed by atoms with van der Waals surface area (Å²) in [7, 11) is 1.61. The van der Waals surface area contributed by atoms with E-state index in [9.17, 15) is 4.79 Å². The number of carbonyl (C=O) groups excluding carboxylic acids is 1. The molecule has 5 nitrogen and oxygen atoms in total. The standard InChI is InChI=1S/C15H15NO4/c1-15(2)8-11-12(14(17)20-16-11)13(19-15)9-4-6-10(18-3)7-5-9/h4-7H,8H2,1-3H3. The van der Waals surface area contributed by atoms with Crippen LogP contribution in [0.2, 0.25) is 0 Å². The van der Waals surface area contributed by atoms with Crippen molar-refractivity contribution in [3.63, 3.8) is 0 Å². The van der Waals surface area contributed by atoms with Crippen LogP contribution in [0.25, 0.3) is 5.76 Å². The molecule has 0 aliphatic carbocycles. The fourth-order valence-electron chi connectivity index (χ4n) is 2.36. The lowest BCUT2D eigenvalue weighted by Gasteiger charge is -2.32. The summed E-state index contributed by atoms with van der Waals surface area (Å²) in [6.45, 7) is 3.91. The molecule has 1 aromatic rings. The van der Waals surface area contributed by atoms with Gasteiger partial charge in [-0.3, -0.25) is 0 Å². The summed E-state index contributed by atoms with van der Waals surface area (Å²) in [6, 6.07) is 7.35. The van der Waals surface area contributed by atoms with Crippen LogP contribution in [-0.4, -0.2) is 24.4 Å². The van der Waals surface area contributed by atoms with E-state index in [0.717, 1.165) is 11.3 Å². The minimum Gasteiger partial charge on any atom is -0.497 e. The van der Waals surface area contributed by atoms with Gasteiger partial charge in [0, 0.05) is 12.0 Å². The Balaban J connectivity index is 2.10. The van der Waals surface area contributed by atoms with Gasteiger partial charge in [-0.05, 0) is 38.1 Å². The number of hydrogen-bond acceptors (Lipinski definition) is 5. The van der Waals surface area contributed by atoms with E-state index in [-0.39, 0.29) is 0 Å². The Kier molecular flexibility index (Phi) is 2.78. The van der Waals surface area contributed by atoms with Crippen molar-refractivity contribution in [1.29, 1.82) is 0 Å². The van der Waals surface area contributed by atoms with Gasteiger partial charge in [0.2, 0.25) is 0 Å². The molecule has 1 aromatic carbocycles. The molecule has 20 heavy (non-hydrogen) atoms. The number of carbonyl (C=O) groups is 1.